The number of nitrogens with one attached hydrogen (secondary N) is 3. The van der Waals surface area contributed by atoms with Gasteiger partial charge in [-0.1, -0.05) is 12.1 Å². The normalized spacial score (nSPS) is 17.7. The van der Waals surface area contributed by atoms with Crippen LogP contribution in [0.1, 0.15) is 45.7 Å². The van der Waals surface area contributed by atoms with Gasteiger partial charge >= 0.3 is 0 Å². The Kier molecular flexibility index (Phi) is 5.30. The molecule has 128 valence electrons. The molecule has 0 bridgehead atoms. The molecule has 1 aliphatic rings. The zero-order valence-corrected chi connectivity index (χ0v) is 14.5. The topological polar surface area (TPSA) is 69.8 Å². The summed E-state index contributed by atoms with van der Waals surface area (Å²) in [6, 6.07) is 8.02. The van der Waals surface area contributed by atoms with Crippen LogP contribution < -0.4 is 10.6 Å². The van der Waals surface area contributed by atoms with Crippen molar-refractivity contribution in [1.82, 2.24) is 20.8 Å². The Labute approximate surface area is 143 Å². The van der Waals surface area contributed by atoms with Crippen molar-refractivity contribution in [2.75, 3.05) is 13.1 Å². The number of piperidine rings is 1. The number of hydrogen-bond acceptors (Lipinski definition) is 3. The molecule has 0 unspecified atom stereocenters. The lowest BCUT2D eigenvalue weighted by Gasteiger charge is -2.22. The van der Waals surface area contributed by atoms with Crippen LogP contribution in [0.15, 0.2) is 24.3 Å². The van der Waals surface area contributed by atoms with E-state index in [1.165, 1.54) is 18.4 Å². The molecule has 1 aromatic heterocycles. The number of H-pyrrole nitrogens is 1. The van der Waals surface area contributed by atoms with Crippen LogP contribution in [0.4, 0.5) is 0 Å². The number of amides is 1. The molecule has 1 fully saturated rings. The summed E-state index contributed by atoms with van der Waals surface area (Å²) in [5.74, 6) is 0.673. The largest absolute Gasteiger partial charge is 0.348 e. The molecule has 5 heteroatoms. The van der Waals surface area contributed by atoms with E-state index in [1.54, 1.807) is 0 Å². The fourth-order valence-electron chi connectivity index (χ4n) is 3.33. The minimum atomic E-state index is -0.0408. The van der Waals surface area contributed by atoms with Crippen LogP contribution in [-0.2, 0) is 13.0 Å². The molecule has 3 rings (SSSR count). The van der Waals surface area contributed by atoms with Crippen molar-refractivity contribution in [3.63, 3.8) is 0 Å². The van der Waals surface area contributed by atoms with Crippen molar-refractivity contribution in [2.24, 2.45) is 5.92 Å². The van der Waals surface area contributed by atoms with Gasteiger partial charge in [0.2, 0.25) is 0 Å². The van der Waals surface area contributed by atoms with Gasteiger partial charge in [0, 0.05) is 23.4 Å². The Bertz CT molecular complexity index is 664. The van der Waals surface area contributed by atoms with E-state index < -0.39 is 0 Å². The van der Waals surface area contributed by atoms with E-state index in [9.17, 15) is 4.79 Å². The fourth-order valence-corrected chi connectivity index (χ4v) is 3.33. The van der Waals surface area contributed by atoms with Gasteiger partial charge in [0.05, 0.1) is 5.69 Å². The number of nitrogens with zero attached hydrogens (tertiary/aromatic N) is 1. The molecule has 0 radical (unpaired) electrons. The zero-order chi connectivity index (χ0) is 16.9. The molecule has 3 N–H and O–H groups in total. The standard InChI is InChI=1S/C19H26N4O/c1-13-18(14(2)23-22-13)12-21-19(24)17-7-5-15(6-8-17)10-16-4-3-9-20-11-16/h5-8,16,20H,3-4,9-12H2,1-2H3,(H,21,24)(H,22,23)/t16-/m0/s1. The third-order valence-corrected chi connectivity index (χ3v) is 4.85. The van der Waals surface area contributed by atoms with Gasteiger partial charge in [0.1, 0.15) is 0 Å². The number of rotatable bonds is 5. The highest BCUT2D eigenvalue weighted by Crippen LogP contribution is 2.17. The summed E-state index contributed by atoms with van der Waals surface area (Å²) >= 11 is 0. The van der Waals surface area contributed by atoms with Gasteiger partial charge in [-0.25, -0.2) is 0 Å². The van der Waals surface area contributed by atoms with E-state index >= 15 is 0 Å². The molecule has 5 nitrogen and oxygen atoms in total. The number of aromatic amines is 1. The molecule has 1 aromatic carbocycles. The number of carbonyl (C=O) groups excluding carboxylic acids is 1. The number of aromatic nitrogens is 2. The molecule has 2 aromatic rings. The lowest BCUT2D eigenvalue weighted by atomic mass is 9.92. The van der Waals surface area contributed by atoms with Crippen LogP contribution in [-0.4, -0.2) is 29.2 Å². The molecule has 1 aliphatic heterocycles. The van der Waals surface area contributed by atoms with Gasteiger partial charge in [0.25, 0.3) is 5.91 Å². The first-order chi connectivity index (χ1) is 11.6. The van der Waals surface area contributed by atoms with Gasteiger partial charge in [-0.3, -0.25) is 9.89 Å². The maximum Gasteiger partial charge on any atom is 0.251 e. The zero-order valence-electron chi connectivity index (χ0n) is 14.5. The van der Waals surface area contributed by atoms with E-state index in [0.29, 0.717) is 18.0 Å². The van der Waals surface area contributed by atoms with Crippen molar-refractivity contribution in [1.29, 1.82) is 0 Å². The Hall–Kier alpha value is -2.14. The highest BCUT2D eigenvalue weighted by Gasteiger charge is 2.14. The highest BCUT2D eigenvalue weighted by atomic mass is 16.1. The maximum atomic E-state index is 12.3. The molecule has 1 saturated heterocycles. The second-order valence-corrected chi connectivity index (χ2v) is 6.71. The van der Waals surface area contributed by atoms with Crippen molar-refractivity contribution in [3.05, 3.63) is 52.3 Å². The summed E-state index contributed by atoms with van der Waals surface area (Å²) in [6.45, 7) is 6.66. The molecule has 1 amide bonds. The van der Waals surface area contributed by atoms with Gasteiger partial charge in [-0.15, -0.1) is 0 Å². The summed E-state index contributed by atoms with van der Waals surface area (Å²) in [6.07, 6.45) is 3.64. The Morgan fingerprint density at radius 1 is 1.29 bits per heavy atom. The van der Waals surface area contributed by atoms with Gasteiger partial charge in [-0.2, -0.15) is 5.10 Å². The van der Waals surface area contributed by atoms with E-state index in [2.05, 4.69) is 33.0 Å². The molecule has 1 atom stereocenters. The molecule has 0 spiro atoms. The monoisotopic (exact) mass is 326 g/mol. The molecular weight excluding hydrogens is 300 g/mol. The van der Waals surface area contributed by atoms with Crippen molar-refractivity contribution < 1.29 is 4.79 Å². The minimum Gasteiger partial charge on any atom is -0.348 e. The molecule has 0 aliphatic carbocycles. The van der Waals surface area contributed by atoms with Crippen LogP contribution in [0.25, 0.3) is 0 Å². The molecule has 0 saturated carbocycles. The van der Waals surface area contributed by atoms with E-state index in [1.807, 2.05) is 26.0 Å². The van der Waals surface area contributed by atoms with Gasteiger partial charge in [-0.05, 0) is 69.8 Å². The maximum absolute atomic E-state index is 12.3. The first-order valence-electron chi connectivity index (χ1n) is 8.72. The van der Waals surface area contributed by atoms with Crippen LogP contribution in [0.2, 0.25) is 0 Å². The van der Waals surface area contributed by atoms with E-state index in [-0.39, 0.29) is 5.91 Å². The Morgan fingerprint density at radius 3 is 2.71 bits per heavy atom. The second-order valence-electron chi connectivity index (χ2n) is 6.71. The molecule has 24 heavy (non-hydrogen) atoms. The van der Waals surface area contributed by atoms with Crippen LogP contribution in [0.5, 0.6) is 0 Å². The number of hydrogen-bond donors (Lipinski definition) is 3. The van der Waals surface area contributed by atoms with Crippen molar-refractivity contribution >= 4 is 5.91 Å². The first kappa shape index (κ1) is 16.7. The predicted molar refractivity (Wildman–Crippen MR) is 95.0 cm³/mol. The Morgan fingerprint density at radius 2 is 2.08 bits per heavy atom. The third-order valence-electron chi connectivity index (χ3n) is 4.85. The summed E-state index contributed by atoms with van der Waals surface area (Å²) < 4.78 is 0. The van der Waals surface area contributed by atoms with E-state index in [0.717, 1.165) is 36.5 Å². The van der Waals surface area contributed by atoms with Gasteiger partial charge < -0.3 is 10.6 Å². The van der Waals surface area contributed by atoms with Crippen molar-refractivity contribution in [3.8, 4) is 0 Å². The minimum absolute atomic E-state index is 0.0408. The molecule has 2 heterocycles. The first-order valence-corrected chi connectivity index (χ1v) is 8.72. The number of carbonyl (C=O) groups is 1. The predicted octanol–water partition coefficient (Wildman–Crippen LogP) is 2.50. The average molecular weight is 326 g/mol. The lowest BCUT2D eigenvalue weighted by molar-refractivity contribution is 0.0951. The van der Waals surface area contributed by atoms with Crippen LogP contribution in [0.3, 0.4) is 0 Å². The quantitative estimate of drug-likeness (QED) is 0.791. The summed E-state index contributed by atoms with van der Waals surface area (Å²) in [5, 5.41) is 13.5. The average Bonchev–Trinajstić information content (AvgIpc) is 2.92. The number of benzene rings is 1. The summed E-state index contributed by atoms with van der Waals surface area (Å²) in [4.78, 5) is 12.3. The lowest BCUT2D eigenvalue weighted by Crippen LogP contribution is -2.30. The van der Waals surface area contributed by atoms with Crippen LogP contribution >= 0.6 is 0 Å². The third kappa shape index (κ3) is 4.03. The van der Waals surface area contributed by atoms with E-state index in [4.69, 9.17) is 0 Å². The summed E-state index contributed by atoms with van der Waals surface area (Å²) in [5.41, 5.74) is 5.01. The van der Waals surface area contributed by atoms with Gasteiger partial charge in [0.15, 0.2) is 0 Å². The smallest absolute Gasteiger partial charge is 0.251 e. The molecular formula is C19H26N4O. The van der Waals surface area contributed by atoms with Crippen LogP contribution in [0, 0.1) is 19.8 Å². The Balaban J connectivity index is 1.55. The number of aryl methyl sites for hydroxylation is 2. The summed E-state index contributed by atoms with van der Waals surface area (Å²) in [7, 11) is 0. The highest BCUT2D eigenvalue weighted by molar-refractivity contribution is 5.94. The second kappa shape index (κ2) is 7.62. The fraction of sp³-hybridized carbons (Fsp3) is 0.474. The van der Waals surface area contributed by atoms with Crippen molar-refractivity contribution in [2.45, 2.75) is 39.7 Å². The SMILES string of the molecule is Cc1n[nH]c(C)c1CNC(=O)c1ccc(C[C@@H]2CCCNC2)cc1.